The van der Waals surface area contributed by atoms with E-state index in [2.05, 4.69) is 4.98 Å². The molecular weight excluding hydrogens is 350 g/mol. The van der Waals surface area contributed by atoms with Crippen molar-refractivity contribution in [2.45, 2.75) is 0 Å². The predicted molar refractivity (Wildman–Crippen MR) is 98.6 cm³/mol. The van der Waals surface area contributed by atoms with Crippen LogP contribution in [0.4, 0.5) is 0 Å². The Kier molecular flexibility index (Phi) is 3.80. The number of fused-ring (bicyclic) bond motifs is 5. The van der Waals surface area contributed by atoms with Crippen molar-refractivity contribution in [2.75, 3.05) is 28.4 Å². The van der Waals surface area contributed by atoms with Crippen molar-refractivity contribution in [3.63, 3.8) is 0 Å². The van der Waals surface area contributed by atoms with Crippen LogP contribution in [0.2, 0.25) is 0 Å². The topological polar surface area (TPSA) is 86.8 Å². The first kappa shape index (κ1) is 17.0. The number of ether oxygens (including phenoxy) is 4. The maximum Gasteiger partial charge on any atom is 0.236 e. The summed E-state index contributed by atoms with van der Waals surface area (Å²) in [6.07, 6.45) is 0. The minimum Gasteiger partial charge on any atom is -0.493 e. The summed E-state index contributed by atoms with van der Waals surface area (Å²) in [5.41, 5.74) is 2.40. The van der Waals surface area contributed by atoms with Crippen LogP contribution in [0.25, 0.3) is 22.2 Å². The van der Waals surface area contributed by atoms with E-state index in [1.807, 2.05) is 0 Å². The normalized spacial score (nSPS) is 12.6. The summed E-state index contributed by atoms with van der Waals surface area (Å²) < 4.78 is 21.3. The molecule has 0 saturated heterocycles. The summed E-state index contributed by atoms with van der Waals surface area (Å²) >= 11 is 0. The van der Waals surface area contributed by atoms with Gasteiger partial charge in [-0.25, -0.2) is 0 Å². The lowest BCUT2D eigenvalue weighted by molar-refractivity contribution is 0.0816. The average Bonchev–Trinajstić information content (AvgIpc) is 3.08. The SMILES string of the molecule is COc1cc2c(cc1OC)-c1[nH]c3cc(OC)c(OC)cc3c1C(=O)C2=O. The Morgan fingerprint density at radius 2 is 1.19 bits per heavy atom. The Morgan fingerprint density at radius 1 is 0.667 bits per heavy atom. The molecule has 0 radical (unpaired) electrons. The number of nitrogens with one attached hydrogen (secondary N) is 1. The number of methoxy groups -OCH3 is 4. The van der Waals surface area contributed by atoms with E-state index in [0.29, 0.717) is 50.7 Å². The number of Topliss-reactive ketones (excluding diaryl/α,β-unsaturated/α-hetero) is 2. The molecule has 2 aromatic carbocycles. The molecule has 0 unspecified atom stereocenters. The van der Waals surface area contributed by atoms with E-state index in [4.69, 9.17) is 18.9 Å². The molecule has 0 saturated carbocycles. The predicted octanol–water partition coefficient (Wildman–Crippen LogP) is 3.25. The summed E-state index contributed by atoms with van der Waals surface area (Å²) in [6, 6.07) is 6.66. The zero-order valence-corrected chi connectivity index (χ0v) is 15.3. The number of H-pyrrole nitrogens is 1. The second-order valence-electron chi connectivity index (χ2n) is 6.04. The minimum absolute atomic E-state index is 0.274. The first-order valence-electron chi connectivity index (χ1n) is 8.17. The van der Waals surface area contributed by atoms with Crippen LogP contribution in [-0.2, 0) is 0 Å². The van der Waals surface area contributed by atoms with Crippen molar-refractivity contribution in [3.05, 3.63) is 35.4 Å². The first-order chi connectivity index (χ1) is 13.0. The molecule has 1 aliphatic carbocycles. The van der Waals surface area contributed by atoms with Crippen LogP contribution >= 0.6 is 0 Å². The molecule has 0 aliphatic heterocycles. The van der Waals surface area contributed by atoms with Crippen molar-refractivity contribution in [3.8, 4) is 34.3 Å². The molecule has 0 fully saturated rings. The maximum absolute atomic E-state index is 12.8. The number of aromatic amines is 1. The average molecular weight is 367 g/mol. The molecular formula is C20H17NO6. The molecule has 3 aromatic rings. The fourth-order valence-corrected chi connectivity index (χ4v) is 3.47. The second kappa shape index (κ2) is 6.05. The van der Waals surface area contributed by atoms with Crippen molar-refractivity contribution in [1.82, 2.24) is 4.98 Å². The van der Waals surface area contributed by atoms with Gasteiger partial charge in [-0.2, -0.15) is 0 Å². The van der Waals surface area contributed by atoms with Crippen LogP contribution < -0.4 is 18.9 Å². The maximum atomic E-state index is 12.8. The Labute approximate surface area is 154 Å². The number of hydrogen-bond donors (Lipinski definition) is 1. The van der Waals surface area contributed by atoms with Gasteiger partial charge >= 0.3 is 0 Å². The van der Waals surface area contributed by atoms with Gasteiger partial charge in [0.05, 0.1) is 45.2 Å². The Bertz CT molecular complexity index is 1110. The lowest BCUT2D eigenvalue weighted by Gasteiger charge is -2.17. The first-order valence-corrected chi connectivity index (χ1v) is 8.17. The van der Waals surface area contributed by atoms with Crippen LogP contribution in [0.15, 0.2) is 24.3 Å². The summed E-state index contributed by atoms with van der Waals surface area (Å²) in [6.45, 7) is 0. The number of aromatic nitrogens is 1. The molecule has 138 valence electrons. The van der Waals surface area contributed by atoms with E-state index in [-0.39, 0.29) is 5.56 Å². The van der Waals surface area contributed by atoms with Crippen molar-refractivity contribution >= 4 is 22.5 Å². The molecule has 4 rings (SSSR count). The highest BCUT2D eigenvalue weighted by Gasteiger charge is 2.35. The Morgan fingerprint density at radius 3 is 1.78 bits per heavy atom. The number of hydrogen-bond acceptors (Lipinski definition) is 6. The van der Waals surface area contributed by atoms with Gasteiger partial charge in [0.2, 0.25) is 11.6 Å². The molecule has 1 aromatic heterocycles. The summed E-state index contributed by atoms with van der Waals surface area (Å²) in [4.78, 5) is 28.8. The quantitative estimate of drug-likeness (QED) is 0.713. The summed E-state index contributed by atoms with van der Waals surface area (Å²) in [5.74, 6) is 0.691. The lowest BCUT2D eigenvalue weighted by Crippen LogP contribution is -2.21. The van der Waals surface area contributed by atoms with E-state index in [1.165, 1.54) is 34.5 Å². The number of benzene rings is 2. The zero-order valence-electron chi connectivity index (χ0n) is 15.3. The highest BCUT2D eigenvalue weighted by molar-refractivity contribution is 6.54. The van der Waals surface area contributed by atoms with Crippen LogP contribution in [0.3, 0.4) is 0 Å². The van der Waals surface area contributed by atoms with Gasteiger partial charge in [-0.05, 0) is 18.2 Å². The Balaban J connectivity index is 2.07. The van der Waals surface area contributed by atoms with E-state index < -0.39 is 11.6 Å². The smallest absolute Gasteiger partial charge is 0.236 e. The molecule has 1 aliphatic rings. The molecule has 0 atom stereocenters. The third kappa shape index (κ3) is 2.28. The molecule has 27 heavy (non-hydrogen) atoms. The van der Waals surface area contributed by atoms with Gasteiger partial charge in [0, 0.05) is 22.6 Å². The molecule has 1 N–H and O–H groups in total. The van der Waals surface area contributed by atoms with Crippen LogP contribution in [-0.4, -0.2) is 45.0 Å². The van der Waals surface area contributed by atoms with E-state index in [1.54, 1.807) is 18.2 Å². The summed E-state index contributed by atoms with van der Waals surface area (Å²) in [5, 5.41) is 0.599. The van der Waals surface area contributed by atoms with E-state index >= 15 is 0 Å². The van der Waals surface area contributed by atoms with Gasteiger partial charge < -0.3 is 23.9 Å². The van der Waals surface area contributed by atoms with Crippen molar-refractivity contribution < 1.29 is 28.5 Å². The van der Waals surface area contributed by atoms with Gasteiger partial charge in [0.25, 0.3) is 0 Å². The monoisotopic (exact) mass is 367 g/mol. The highest BCUT2D eigenvalue weighted by Crippen LogP contribution is 2.44. The van der Waals surface area contributed by atoms with E-state index in [9.17, 15) is 9.59 Å². The Hall–Kier alpha value is -3.48. The minimum atomic E-state index is -0.589. The molecule has 7 nitrogen and oxygen atoms in total. The third-order valence-electron chi connectivity index (χ3n) is 4.77. The van der Waals surface area contributed by atoms with Gasteiger partial charge in [0.1, 0.15) is 0 Å². The second-order valence-corrected chi connectivity index (χ2v) is 6.04. The summed E-state index contributed by atoms with van der Waals surface area (Å²) in [7, 11) is 6.05. The molecule has 0 bridgehead atoms. The lowest BCUT2D eigenvalue weighted by atomic mass is 9.86. The van der Waals surface area contributed by atoms with Gasteiger partial charge in [0.15, 0.2) is 23.0 Å². The molecule has 1 heterocycles. The third-order valence-corrected chi connectivity index (χ3v) is 4.77. The van der Waals surface area contributed by atoms with E-state index in [0.717, 1.165) is 0 Å². The van der Waals surface area contributed by atoms with Crippen LogP contribution in [0.5, 0.6) is 23.0 Å². The zero-order chi connectivity index (χ0) is 19.3. The fourth-order valence-electron chi connectivity index (χ4n) is 3.47. The number of rotatable bonds is 4. The van der Waals surface area contributed by atoms with Gasteiger partial charge in [-0.15, -0.1) is 0 Å². The van der Waals surface area contributed by atoms with Crippen molar-refractivity contribution in [1.29, 1.82) is 0 Å². The van der Waals surface area contributed by atoms with Gasteiger partial charge in [-0.1, -0.05) is 0 Å². The standard InChI is InChI=1S/C20H17NO6/c1-24-13-5-9-10(6-14(13)25-2)19(22)20(23)17-11-7-15(26-3)16(27-4)8-12(11)21-18(9)17/h5-8,21H,1-4H3. The number of carbonyl (C=O) groups excluding carboxylic acids is 2. The largest absolute Gasteiger partial charge is 0.493 e. The number of ketones is 2. The molecule has 0 amide bonds. The fraction of sp³-hybridized carbons (Fsp3) is 0.200. The van der Waals surface area contributed by atoms with Crippen molar-refractivity contribution in [2.24, 2.45) is 0 Å². The van der Waals surface area contributed by atoms with Crippen LogP contribution in [0.1, 0.15) is 20.7 Å². The molecule has 0 spiro atoms. The van der Waals surface area contributed by atoms with Crippen LogP contribution in [0, 0.1) is 0 Å². The molecule has 7 heteroatoms. The van der Waals surface area contributed by atoms with Gasteiger partial charge in [-0.3, -0.25) is 9.59 Å². The highest BCUT2D eigenvalue weighted by atomic mass is 16.5. The number of carbonyl (C=O) groups is 2.